The van der Waals surface area contributed by atoms with E-state index in [0.29, 0.717) is 30.3 Å². The van der Waals surface area contributed by atoms with Gasteiger partial charge in [0.2, 0.25) is 11.8 Å². The molecule has 8 N–H and O–H groups in total. The van der Waals surface area contributed by atoms with Crippen LogP contribution in [0.1, 0.15) is 30.0 Å². The van der Waals surface area contributed by atoms with Gasteiger partial charge in [0.05, 0.1) is 6.04 Å². The Hall–Kier alpha value is -3.46. The molecule has 3 atom stereocenters. The van der Waals surface area contributed by atoms with Crippen LogP contribution in [0.25, 0.3) is 0 Å². The summed E-state index contributed by atoms with van der Waals surface area (Å²) in [5.74, 6) is 0.377. The number of anilines is 1. The van der Waals surface area contributed by atoms with Gasteiger partial charge in [-0.2, -0.15) is 0 Å². The minimum absolute atomic E-state index is 0.000381. The lowest BCUT2D eigenvalue weighted by Crippen LogP contribution is -2.49. The number of carbonyl (C=O) groups excluding carboxylic acids is 2. The Morgan fingerprint density at radius 3 is 2.68 bits per heavy atom. The van der Waals surface area contributed by atoms with Crippen LogP contribution in [0.3, 0.4) is 0 Å². The van der Waals surface area contributed by atoms with Crippen LogP contribution in [-0.2, 0) is 22.6 Å². The standard InChI is InChI=1S/C22H29N7O2/c1-13(21(30)28-11-14-2-4-17(5-3-14)20(24)25)29-22(31)18-9-16(12-27-18)8-15-6-7-26-19(23)10-15/h2-7,10,13,16,18,27H,8-9,11-12H2,1H3,(H2,23,26)(H3,24,25)(H,28,30)(H,29,31)/t13-,16-,18+/m0/s1. The molecule has 1 aromatic heterocycles. The molecule has 0 bridgehead atoms. The van der Waals surface area contributed by atoms with Crippen LogP contribution in [0.2, 0.25) is 0 Å². The van der Waals surface area contributed by atoms with E-state index < -0.39 is 6.04 Å². The number of carbonyl (C=O) groups is 2. The van der Waals surface area contributed by atoms with E-state index in [1.54, 1.807) is 37.4 Å². The summed E-state index contributed by atoms with van der Waals surface area (Å²) in [6.07, 6.45) is 3.21. The summed E-state index contributed by atoms with van der Waals surface area (Å²) in [5.41, 5.74) is 13.8. The maximum Gasteiger partial charge on any atom is 0.242 e. The van der Waals surface area contributed by atoms with E-state index in [1.165, 1.54) is 0 Å². The number of amides is 2. The van der Waals surface area contributed by atoms with E-state index in [1.807, 2.05) is 12.1 Å². The average Bonchev–Trinajstić information content (AvgIpc) is 3.20. The Morgan fingerprint density at radius 1 is 1.26 bits per heavy atom. The molecule has 1 aliphatic rings. The number of rotatable bonds is 8. The quantitative estimate of drug-likeness (QED) is 0.264. The first-order valence-corrected chi connectivity index (χ1v) is 10.3. The van der Waals surface area contributed by atoms with E-state index in [0.717, 1.165) is 24.1 Å². The van der Waals surface area contributed by atoms with E-state index in [4.69, 9.17) is 16.9 Å². The first kappa shape index (κ1) is 22.2. The Kier molecular flexibility index (Phi) is 7.19. The average molecular weight is 424 g/mol. The zero-order chi connectivity index (χ0) is 22.4. The molecule has 1 fully saturated rings. The number of hydrogen-bond acceptors (Lipinski definition) is 6. The first-order chi connectivity index (χ1) is 14.8. The summed E-state index contributed by atoms with van der Waals surface area (Å²) in [6.45, 7) is 2.73. The van der Waals surface area contributed by atoms with Crippen LogP contribution in [0, 0.1) is 11.3 Å². The predicted molar refractivity (Wildman–Crippen MR) is 119 cm³/mol. The molecule has 31 heavy (non-hydrogen) atoms. The number of nitrogens with one attached hydrogen (secondary N) is 4. The summed E-state index contributed by atoms with van der Waals surface area (Å²) in [6, 6.07) is 9.90. The van der Waals surface area contributed by atoms with Gasteiger partial charge in [-0.3, -0.25) is 15.0 Å². The van der Waals surface area contributed by atoms with Gasteiger partial charge in [-0.05, 0) is 55.5 Å². The van der Waals surface area contributed by atoms with E-state index >= 15 is 0 Å². The number of amidine groups is 1. The summed E-state index contributed by atoms with van der Waals surface area (Å²) in [5, 5.41) is 16.2. The highest BCUT2D eigenvalue weighted by atomic mass is 16.2. The monoisotopic (exact) mass is 423 g/mol. The fourth-order valence-corrected chi connectivity index (χ4v) is 3.64. The molecule has 1 aromatic carbocycles. The van der Waals surface area contributed by atoms with Gasteiger partial charge in [-0.25, -0.2) is 4.98 Å². The van der Waals surface area contributed by atoms with Gasteiger partial charge in [0.1, 0.15) is 17.7 Å². The van der Waals surface area contributed by atoms with Crippen LogP contribution < -0.4 is 27.4 Å². The van der Waals surface area contributed by atoms with Gasteiger partial charge in [-0.1, -0.05) is 24.3 Å². The van der Waals surface area contributed by atoms with Crippen LogP contribution in [-0.4, -0.2) is 41.3 Å². The van der Waals surface area contributed by atoms with Crippen molar-refractivity contribution in [3.63, 3.8) is 0 Å². The molecule has 0 aliphatic carbocycles. The van der Waals surface area contributed by atoms with Crippen molar-refractivity contribution in [1.29, 1.82) is 5.41 Å². The molecule has 0 saturated carbocycles. The van der Waals surface area contributed by atoms with Crippen LogP contribution in [0.4, 0.5) is 5.82 Å². The summed E-state index contributed by atoms with van der Waals surface area (Å²) in [7, 11) is 0. The number of nitrogen functional groups attached to an aromatic ring is 2. The Balaban J connectivity index is 1.43. The van der Waals surface area contributed by atoms with Gasteiger partial charge in [0, 0.05) is 18.3 Å². The highest BCUT2D eigenvalue weighted by Crippen LogP contribution is 2.20. The molecule has 2 heterocycles. The largest absolute Gasteiger partial charge is 0.384 e. The molecule has 3 rings (SSSR count). The number of pyridine rings is 1. The van der Waals surface area contributed by atoms with Crippen molar-refractivity contribution in [2.75, 3.05) is 12.3 Å². The molecule has 1 aliphatic heterocycles. The van der Waals surface area contributed by atoms with Crippen LogP contribution in [0.5, 0.6) is 0 Å². The first-order valence-electron chi connectivity index (χ1n) is 10.3. The third-order valence-corrected chi connectivity index (χ3v) is 5.39. The van der Waals surface area contributed by atoms with Crippen molar-refractivity contribution in [3.05, 3.63) is 59.3 Å². The maximum atomic E-state index is 12.6. The summed E-state index contributed by atoms with van der Waals surface area (Å²) >= 11 is 0. The van der Waals surface area contributed by atoms with Crippen molar-refractivity contribution in [1.82, 2.24) is 20.9 Å². The molecular formula is C22H29N7O2. The molecule has 0 unspecified atom stereocenters. The third kappa shape index (κ3) is 6.26. The number of nitrogens with two attached hydrogens (primary N) is 2. The number of nitrogens with zero attached hydrogens (tertiary/aromatic N) is 1. The maximum absolute atomic E-state index is 12.6. The van der Waals surface area contributed by atoms with Gasteiger partial charge in [0.25, 0.3) is 0 Å². The fraction of sp³-hybridized carbons (Fsp3) is 0.364. The highest BCUT2D eigenvalue weighted by molar-refractivity contribution is 5.95. The normalized spacial score (nSPS) is 18.9. The molecule has 9 nitrogen and oxygen atoms in total. The van der Waals surface area contributed by atoms with E-state index in [2.05, 4.69) is 20.9 Å². The molecule has 1 saturated heterocycles. The lowest BCUT2D eigenvalue weighted by molar-refractivity contribution is -0.129. The minimum atomic E-state index is -0.648. The molecule has 164 valence electrons. The second-order valence-corrected chi connectivity index (χ2v) is 7.91. The SMILES string of the molecule is C[C@H](NC(=O)[C@H]1C[C@H](Cc2ccnc(N)c2)CN1)C(=O)NCc1ccc(C(=N)N)cc1. The molecule has 9 heteroatoms. The Bertz CT molecular complexity index is 945. The summed E-state index contributed by atoms with van der Waals surface area (Å²) in [4.78, 5) is 28.9. The predicted octanol–water partition coefficient (Wildman–Crippen LogP) is 0.290. The van der Waals surface area contributed by atoms with Crippen LogP contribution >= 0.6 is 0 Å². The molecule has 2 amide bonds. The topological polar surface area (TPSA) is 159 Å². The molecular weight excluding hydrogens is 394 g/mol. The molecule has 0 radical (unpaired) electrons. The fourth-order valence-electron chi connectivity index (χ4n) is 3.64. The summed E-state index contributed by atoms with van der Waals surface area (Å²) < 4.78 is 0. The third-order valence-electron chi connectivity index (χ3n) is 5.39. The minimum Gasteiger partial charge on any atom is -0.384 e. The van der Waals surface area contributed by atoms with Gasteiger partial charge >= 0.3 is 0 Å². The smallest absolute Gasteiger partial charge is 0.242 e. The van der Waals surface area contributed by atoms with Crippen molar-refractivity contribution in [2.45, 2.75) is 38.4 Å². The van der Waals surface area contributed by atoms with Crippen LogP contribution in [0.15, 0.2) is 42.6 Å². The number of benzene rings is 1. The van der Waals surface area contributed by atoms with E-state index in [9.17, 15) is 9.59 Å². The highest BCUT2D eigenvalue weighted by Gasteiger charge is 2.30. The second-order valence-electron chi connectivity index (χ2n) is 7.91. The van der Waals surface area contributed by atoms with Crippen molar-refractivity contribution in [3.8, 4) is 0 Å². The van der Waals surface area contributed by atoms with Crippen molar-refractivity contribution in [2.24, 2.45) is 11.7 Å². The lowest BCUT2D eigenvalue weighted by atomic mass is 9.97. The number of hydrogen-bond donors (Lipinski definition) is 6. The molecule has 2 aromatic rings. The van der Waals surface area contributed by atoms with Gasteiger partial charge in [-0.15, -0.1) is 0 Å². The lowest BCUT2D eigenvalue weighted by Gasteiger charge is -2.17. The van der Waals surface area contributed by atoms with Gasteiger partial charge in [0.15, 0.2) is 0 Å². The zero-order valence-corrected chi connectivity index (χ0v) is 17.5. The number of aromatic nitrogens is 1. The molecule has 0 spiro atoms. The van der Waals surface area contributed by atoms with Crippen molar-refractivity contribution >= 4 is 23.5 Å². The Morgan fingerprint density at radius 2 is 2.00 bits per heavy atom. The Labute approximate surface area is 181 Å². The van der Waals surface area contributed by atoms with E-state index in [-0.39, 0.29) is 23.7 Å². The van der Waals surface area contributed by atoms with Gasteiger partial charge < -0.3 is 27.4 Å². The zero-order valence-electron chi connectivity index (χ0n) is 17.5. The van der Waals surface area contributed by atoms with Crippen molar-refractivity contribution < 1.29 is 9.59 Å². The second kappa shape index (κ2) is 10.0.